The quantitative estimate of drug-likeness (QED) is 0.720. The molecule has 0 aliphatic carbocycles. The number of carbonyl (C=O) groups is 1. The van der Waals surface area contributed by atoms with Gasteiger partial charge in [-0.05, 0) is 55.7 Å². The van der Waals surface area contributed by atoms with Gasteiger partial charge in [-0.3, -0.25) is 4.79 Å². The molecule has 9 heteroatoms. The standard InChI is InChI=1S/C21H23ClFN3O3S/c1-14(9-11-30(2,28)29)25-21(27)15-5-8-20(24-13-15)26-10-3-4-19(26)17-12-16(23)6-7-18(17)22/h5-9,11-14,19H,3-4,10H2,1-2H3,(H,25,27)/b11-9+/t14-,19-/m1/s1. The molecule has 1 saturated heterocycles. The average Bonchev–Trinajstić information content (AvgIpc) is 3.17. The fraction of sp³-hybridized carbons (Fsp3) is 0.333. The summed E-state index contributed by atoms with van der Waals surface area (Å²) in [5, 5.41) is 4.28. The summed E-state index contributed by atoms with van der Waals surface area (Å²) in [6, 6.07) is 7.22. The van der Waals surface area contributed by atoms with Crippen LogP contribution in [0.25, 0.3) is 0 Å². The summed E-state index contributed by atoms with van der Waals surface area (Å²) in [7, 11) is -3.25. The van der Waals surface area contributed by atoms with E-state index in [0.29, 0.717) is 16.4 Å². The summed E-state index contributed by atoms with van der Waals surface area (Å²) in [6.07, 6.45) is 5.72. The number of halogens is 2. The molecule has 0 bridgehead atoms. The van der Waals surface area contributed by atoms with Crippen LogP contribution in [-0.4, -0.2) is 38.2 Å². The van der Waals surface area contributed by atoms with Crippen molar-refractivity contribution in [2.24, 2.45) is 0 Å². The molecule has 2 atom stereocenters. The number of rotatable bonds is 6. The first-order valence-electron chi connectivity index (χ1n) is 9.51. The number of hydrogen-bond donors (Lipinski definition) is 1. The van der Waals surface area contributed by atoms with Crippen LogP contribution >= 0.6 is 11.6 Å². The van der Waals surface area contributed by atoms with Gasteiger partial charge in [0.05, 0.1) is 11.6 Å². The first-order valence-corrected chi connectivity index (χ1v) is 11.8. The first-order chi connectivity index (χ1) is 14.1. The van der Waals surface area contributed by atoms with Gasteiger partial charge in [0, 0.05) is 35.5 Å². The second-order valence-corrected chi connectivity index (χ2v) is 9.68. The van der Waals surface area contributed by atoms with E-state index in [9.17, 15) is 17.6 Å². The maximum Gasteiger partial charge on any atom is 0.253 e. The third kappa shape index (κ3) is 5.58. The van der Waals surface area contributed by atoms with Crippen molar-refractivity contribution >= 4 is 33.2 Å². The van der Waals surface area contributed by atoms with E-state index < -0.39 is 15.9 Å². The lowest BCUT2D eigenvalue weighted by Gasteiger charge is -2.27. The average molecular weight is 452 g/mol. The molecule has 160 valence electrons. The molecule has 0 spiro atoms. The van der Waals surface area contributed by atoms with Crippen LogP contribution in [0.5, 0.6) is 0 Å². The van der Waals surface area contributed by atoms with Crippen LogP contribution in [0.1, 0.15) is 41.7 Å². The Morgan fingerprint density at radius 1 is 1.37 bits per heavy atom. The molecule has 1 aliphatic heterocycles. The molecule has 3 rings (SSSR count). The van der Waals surface area contributed by atoms with E-state index in [1.807, 2.05) is 0 Å². The van der Waals surface area contributed by atoms with Gasteiger partial charge in [0.25, 0.3) is 5.91 Å². The highest BCUT2D eigenvalue weighted by Crippen LogP contribution is 2.38. The number of amides is 1. The maximum absolute atomic E-state index is 13.7. The zero-order valence-corrected chi connectivity index (χ0v) is 18.3. The number of benzene rings is 1. The van der Waals surface area contributed by atoms with E-state index in [2.05, 4.69) is 15.2 Å². The smallest absolute Gasteiger partial charge is 0.253 e. The minimum atomic E-state index is -3.25. The van der Waals surface area contributed by atoms with Crippen molar-refractivity contribution in [1.29, 1.82) is 0 Å². The summed E-state index contributed by atoms with van der Waals surface area (Å²) in [6.45, 7) is 2.43. The van der Waals surface area contributed by atoms with E-state index in [-0.39, 0.29) is 17.8 Å². The molecule has 2 aromatic rings. The second kappa shape index (κ2) is 9.14. The largest absolute Gasteiger partial charge is 0.350 e. The van der Waals surface area contributed by atoms with Gasteiger partial charge in [-0.15, -0.1) is 0 Å². The van der Waals surface area contributed by atoms with Crippen LogP contribution < -0.4 is 10.2 Å². The Morgan fingerprint density at radius 2 is 2.13 bits per heavy atom. The number of nitrogens with zero attached hydrogens (tertiary/aromatic N) is 2. The Kier molecular flexibility index (Phi) is 6.77. The Balaban J connectivity index is 1.72. The lowest BCUT2D eigenvalue weighted by molar-refractivity contribution is 0.0946. The molecule has 1 aromatic heterocycles. The second-order valence-electron chi connectivity index (χ2n) is 7.34. The van der Waals surface area contributed by atoms with E-state index in [1.165, 1.54) is 24.4 Å². The molecule has 1 N–H and O–H groups in total. The van der Waals surface area contributed by atoms with Crippen molar-refractivity contribution in [3.8, 4) is 0 Å². The molecule has 0 radical (unpaired) electrons. The van der Waals surface area contributed by atoms with Gasteiger partial charge in [0.15, 0.2) is 9.84 Å². The van der Waals surface area contributed by atoms with E-state index in [0.717, 1.165) is 36.6 Å². The van der Waals surface area contributed by atoms with Gasteiger partial charge >= 0.3 is 0 Å². The molecule has 0 unspecified atom stereocenters. The van der Waals surface area contributed by atoms with Crippen molar-refractivity contribution in [1.82, 2.24) is 10.3 Å². The fourth-order valence-electron chi connectivity index (χ4n) is 3.42. The topological polar surface area (TPSA) is 79.4 Å². The lowest BCUT2D eigenvalue weighted by atomic mass is 10.0. The number of carbonyl (C=O) groups excluding carboxylic acids is 1. The summed E-state index contributed by atoms with van der Waals surface area (Å²) in [5.74, 6) is -0.00878. The highest BCUT2D eigenvalue weighted by Gasteiger charge is 2.29. The molecule has 6 nitrogen and oxygen atoms in total. The van der Waals surface area contributed by atoms with Crippen molar-refractivity contribution in [3.63, 3.8) is 0 Å². The molecule has 1 fully saturated rings. The summed E-state index contributed by atoms with van der Waals surface area (Å²) in [4.78, 5) is 18.8. The summed E-state index contributed by atoms with van der Waals surface area (Å²) >= 11 is 6.29. The number of anilines is 1. The normalized spacial score (nSPS) is 18.0. The fourth-order valence-corrected chi connectivity index (χ4v) is 4.19. The van der Waals surface area contributed by atoms with Crippen LogP contribution in [0.3, 0.4) is 0 Å². The SMILES string of the molecule is C[C@H](/C=C/S(C)(=O)=O)NC(=O)c1ccc(N2CCC[C@@H]2c2cc(F)ccc2Cl)nc1. The van der Waals surface area contributed by atoms with Crippen molar-refractivity contribution in [2.75, 3.05) is 17.7 Å². The predicted molar refractivity (Wildman–Crippen MR) is 116 cm³/mol. The number of sulfone groups is 1. The van der Waals surface area contributed by atoms with E-state index in [4.69, 9.17) is 11.6 Å². The molecular formula is C21H23ClFN3O3S. The molecule has 1 amide bonds. The molecule has 0 saturated carbocycles. The van der Waals surface area contributed by atoms with Crippen LogP contribution in [0.15, 0.2) is 48.0 Å². The Hall–Kier alpha value is -2.45. The molecular weight excluding hydrogens is 429 g/mol. The highest BCUT2D eigenvalue weighted by atomic mass is 35.5. The third-order valence-corrected chi connectivity index (χ3v) is 5.84. The highest BCUT2D eigenvalue weighted by molar-refractivity contribution is 7.93. The minimum Gasteiger partial charge on any atom is -0.350 e. The van der Waals surface area contributed by atoms with Crippen LogP contribution in [-0.2, 0) is 9.84 Å². The van der Waals surface area contributed by atoms with Gasteiger partial charge in [0.1, 0.15) is 11.6 Å². The zero-order chi connectivity index (χ0) is 21.9. The zero-order valence-electron chi connectivity index (χ0n) is 16.7. The van der Waals surface area contributed by atoms with Gasteiger partial charge in [-0.2, -0.15) is 0 Å². The van der Waals surface area contributed by atoms with Gasteiger partial charge in [-0.25, -0.2) is 17.8 Å². The van der Waals surface area contributed by atoms with E-state index in [1.54, 1.807) is 25.1 Å². The number of hydrogen-bond acceptors (Lipinski definition) is 5. The summed E-state index contributed by atoms with van der Waals surface area (Å²) in [5.41, 5.74) is 1.09. The van der Waals surface area contributed by atoms with E-state index >= 15 is 0 Å². The molecule has 2 heterocycles. The lowest BCUT2D eigenvalue weighted by Crippen LogP contribution is -2.31. The van der Waals surface area contributed by atoms with Gasteiger partial charge in [-0.1, -0.05) is 17.7 Å². The minimum absolute atomic E-state index is 0.0819. The van der Waals surface area contributed by atoms with Crippen molar-refractivity contribution in [3.05, 3.63) is 70.0 Å². The monoisotopic (exact) mass is 451 g/mol. The summed E-state index contributed by atoms with van der Waals surface area (Å²) < 4.78 is 36.1. The van der Waals surface area contributed by atoms with Crippen molar-refractivity contribution < 1.29 is 17.6 Å². The first kappa shape index (κ1) is 22.2. The van der Waals surface area contributed by atoms with Gasteiger partial charge < -0.3 is 10.2 Å². The third-order valence-electron chi connectivity index (χ3n) is 4.85. The Bertz CT molecular complexity index is 1060. The maximum atomic E-state index is 13.7. The number of aromatic nitrogens is 1. The molecule has 1 aromatic carbocycles. The van der Waals surface area contributed by atoms with Crippen molar-refractivity contribution in [2.45, 2.75) is 31.8 Å². The predicted octanol–water partition coefficient (Wildman–Crippen LogP) is 3.89. The molecule has 30 heavy (non-hydrogen) atoms. The van der Waals surface area contributed by atoms with Crippen LogP contribution in [0.4, 0.5) is 10.2 Å². The van der Waals surface area contributed by atoms with Crippen LogP contribution in [0, 0.1) is 5.82 Å². The number of nitrogens with one attached hydrogen (secondary N) is 1. The van der Waals surface area contributed by atoms with Crippen LogP contribution in [0.2, 0.25) is 5.02 Å². The Labute approximate surface area is 180 Å². The number of pyridine rings is 1. The molecule has 1 aliphatic rings. The Morgan fingerprint density at radius 3 is 2.80 bits per heavy atom. The van der Waals surface area contributed by atoms with Gasteiger partial charge in [0.2, 0.25) is 0 Å².